The summed E-state index contributed by atoms with van der Waals surface area (Å²) < 4.78 is 7.06. The molecule has 0 unspecified atom stereocenters. The maximum Gasteiger partial charge on any atom is 0.248 e. The molecule has 0 aliphatic carbocycles. The van der Waals surface area contributed by atoms with E-state index in [1.165, 1.54) is 0 Å². The van der Waals surface area contributed by atoms with Crippen LogP contribution in [0, 0.1) is 11.3 Å². The fourth-order valence-corrected chi connectivity index (χ4v) is 3.99. The molecule has 9 heteroatoms. The Hall–Kier alpha value is -4.55. The first-order valence-electron chi connectivity index (χ1n) is 11.6. The van der Waals surface area contributed by atoms with Crippen LogP contribution in [0.5, 0.6) is 0 Å². The molecule has 0 saturated heterocycles. The third kappa shape index (κ3) is 5.40. The molecule has 1 amide bonds. The van der Waals surface area contributed by atoms with Crippen molar-refractivity contribution in [1.82, 2.24) is 19.7 Å². The molecule has 0 aliphatic rings. The Morgan fingerprint density at radius 2 is 1.81 bits per heavy atom. The maximum absolute atomic E-state index is 11.8. The number of anilines is 3. The number of carbonyl (C=O) groups is 1. The van der Waals surface area contributed by atoms with Crippen LogP contribution < -0.4 is 10.6 Å². The van der Waals surface area contributed by atoms with Gasteiger partial charge in [-0.3, -0.25) is 14.4 Å². The summed E-state index contributed by atoms with van der Waals surface area (Å²) in [6, 6.07) is 15.4. The highest BCUT2D eigenvalue weighted by Gasteiger charge is 2.17. The van der Waals surface area contributed by atoms with Gasteiger partial charge in [-0.25, -0.2) is 9.97 Å². The summed E-state index contributed by atoms with van der Waals surface area (Å²) in [6.45, 7) is 3.01. The summed E-state index contributed by atoms with van der Waals surface area (Å²) >= 11 is 0. The van der Waals surface area contributed by atoms with E-state index in [1.807, 2.05) is 53.0 Å². The topological polar surface area (TPSA) is 123 Å². The van der Waals surface area contributed by atoms with Crippen LogP contribution in [-0.2, 0) is 30.7 Å². The highest BCUT2D eigenvalue weighted by atomic mass is 16.5. The van der Waals surface area contributed by atoms with E-state index in [4.69, 9.17) is 10.5 Å². The number of amides is 1. The van der Waals surface area contributed by atoms with Crippen molar-refractivity contribution < 1.29 is 9.53 Å². The summed E-state index contributed by atoms with van der Waals surface area (Å²) in [4.78, 5) is 23.0. The van der Waals surface area contributed by atoms with Crippen molar-refractivity contribution in [2.45, 2.75) is 32.9 Å². The Bertz CT molecular complexity index is 1380. The van der Waals surface area contributed by atoms with Crippen molar-refractivity contribution in [1.29, 1.82) is 5.26 Å². The Morgan fingerprint density at radius 3 is 2.42 bits per heavy atom. The van der Waals surface area contributed by atoms with E-state index in [0.717, 1.165) is 29.0 Å². The van der Waals surface area contributed by atoms with Gasteiger partial charge >= 0.3 is 0 Å². The van der Waals surface area contributed by atoms with Crippen LogP contribution in [-0.4, -0.2) is 32.8 Å². The lowest BCUT2D eigenvalue weighted by molar-refractivity contribution is 0.1000. The van der Waals surface area contributed by atoms with Gasteiger partial charge in [-0.2, -0.15) is 10.4 Å². The number of nitriles is 1. The summed E-state index contributed by atoms with van der Waals surface area (Å²) in [5, 5.41) is 14.1. The number of nitrogens with two attached hydrogens (primary N) is 1. The molecule has 0 bridgehead atoms. The van der Waals surface area contributed by atoms with E-state index >= 15 is 0 Å². The SMILES string of the molecule is CCn1cc(N(c2ccccc2)c2ncc(CCc3cc(C(N)=O)cc(COC)c3C#N)cn2)cn1. The number of carbonyl (C=O) groups excluding carboxylic acids is 1. The van der Waals surface area contributed by atoms with Gasteiger partial charge in [-0.05, 0) is 60.7 Å². The lowest BCUT2D eigenvalue weighted by atomic mass is 9.94. The second kappa shape index (κ2) is 11.3. The van der Waals surface area contributed by atoms with Gasteiger partial charge in [0, 0.05) is 43.5 Å². The minimum atomic E-state index is -0.543. The third-order valence-electron chi connectivity index (χ3n) is 5.79. The van der Waals surface area contributed by atoms with Gasteiger partial charge in [0.15, 0.2) is 0 Å². The van der Waals surface area contributed by atoms with E-state index in [2.05, 4.69) is 21.1 Å². The van der Waals surface area contributed by atoms with Crippen molar-refractivity contribution in [2.24, 2.45) is 5.73 Å². The van der Waals surface area contributed by atoms with Gasteiger partial charge in [0.05, 0.1) is 30.1 Å². The van der Waals surface area contributed by atoms with Crippen LogP contribution in [0.15, 0.2) is 67.3 Å². The first-order chi connectivity index (χ1) is 17.5. The van der Waals surface area contributed by atoms with Crippen molar-refractivity contribution in [2.75, 3.05) is 12.0 Å². The highest BCUT2D eigenvalue weighted by molar-refractivity contribution is 5.93. The predicted molar refractivity (Wildman–Crippen MR) is 136 cm³/mol. The van der Waals surface area contributed by atoms with Gasteiger partial charge in [0.2, 0.25) is 11.9 Å². The monoisotopic (exact) mass is 481 g/mol. The predicted octanol–water partition coefficient (Wildman–Crippen LogP) is 4.06. The number of hydrogen-bond acceptors (Lipinski definition) is 7. The van der Waals surface area contributed by atoms with Crippen molar-refractivity contribution in [3.05, 3.63) is 95.1 Å². The number of primary amides is 1. The number of rotatable bonds is 10. The Labute approximate surface area is 209 Å². The number of nitrogens with zero attached hydrogens (tertiary/aromatic N) is 6. The molecule has 0 spiro atoms. The average Bonchev–Trinajstić information content (AvgIpc) is 3.37. The molecule has 0 radical (unpaired) electrons. The highest BCUT2D eigenvalue weighted by Crippen LogP contribution is 2.31. The summed E-state index contributed by atoms with van der Waals surface area (Å²) in [7, 11) is 1.54. The van der Waals surface area contributed by atoms with Gasteiger partial charge in [-0.15, -0.1) is 0 Å². The van der Waals surface area contributed by atoms with Gasteiger partial charge < -0.3 is 10.5 Å². The number of aromatic nitrogens is 4. The van der Waals surface area contributed by atoms with E-state index in [9.17, 15) is 10.1 Å². The largest absolute Gasteiger partial charge is 0.380 e. The Kier molecular flexibility index (Phi) is 7.68. The summed E-state index contributed by atoms with van der Waals surface area (Å²) in [5.74, 6) is -0.0189. The van der Waals surface area contributed by atoms with Gasteiger partial charge in [0.1, 0.15) is 0 Å². The first-order valence-corrected chi connectivity index (χ1v) is 11.6. The molecular formula is C27H27N7O2. The molecule has 9 nitrogen and oxygen atoms in total. The molecule has 0 saturated carbocycles. The average molecular weight is 482 g/mol. The zero-order chi connectivity index (χ0) is 25.5. The van der Waals surface area contributed by atoms with Gasteiger partial charge in [-0.1, -0.05) is 18.2 Å². The second-order valence-corrected chi connectivity index (χ2v) is 8.20. The van der Waals surface area contributed by atoms with E-state index < -0.39 is 5.91 Å². The number of benzene rings is 2. The number of methoxy groups -OCH3 is 1. The molecule has 4 aromatic rings. The third-order valence-corrected chi connectivity index (χ3v) is 5.79. The lowest BCUT2D eigenvalue weighted by Gasteiger charge is -2.21. The fourth-order valence-electron chi connectivity index (χ4n) is 3.99. The Morgan fingerprint density at radius 1 is 1.08 bits per heavy atom. The molecule has 2 N–H and O–H groups in total. The minimum Gasteiger partial charge on any atom is -0.380 e. The fraction of sp³-hybridized carbons (Fsp3) is 0.222. The standard InChI is InChI=1S/C27H27N7O2/c1-3-33-17-24(16-32-33)34(23-7-5-4-6-8-23)27-30-14-19(15-31-27)9-10-20-11-21(26(29)35)12-22(18-36-2)25(20)13-28/h4-8,11-12,14-17H,3,9-10,18H2,1-2H3,(H2,29,35). The molecular weight excluding hydrogens is 454 g/mol. The quantitative estimate of drug-likeness (QED) is 0.362. The summed E-state index contributed by atoms with van der Waals surface area (Å²) in [6.07, 6.45) is 8.42. The van der Waals surface area contributed by atoms with Crippen LogP contribution in [0.3, 0.4) is 0 Å². The molecule has 2 heterocycles. The van der Waals surface area contributed by atoms with Crippen LogP contribution >= 0.6 is 0 Å². The zero-order valence-corrected chi connectivity index (χ0v) is 20.3. The smallest absolute Gasteiger partial charge is 0.248 e. The molecule has 0 fully saturated rings. The number of aryl methyl sites for hydroxylation is 3. The second-order valence-electron chi connectivity index (χ2n) is 8.20. The van der Waals surface area contributed by atoms with Crippen LogP contribution in [0.25, 0.3) is 0 Å². The first kappa shape index (κ1) is 24.6. The Balaban J connectivity index is 1.59. The van der Waals surface area contributed by atoms with Crippen LogP contribution in [0.2, 0.25) is 0 Å². The van der Waals surface area contributed by atoms with Crippen molar-refractivity contribution in [3.63, 3.8) is 0 Å². The van der Waals surface area contributed by atoms with Crippen LogP contribution in [0.1, 0.15) is 39.5 Å². The molecule has 36 heavy (non-hydrogen) atoms. The number of hydrogen-bond donors (Lipinski definition) is 1. The molecule has 4 rings (SSSR count). The number of para-hydroxylation sites is 1. The van der Waals surface area contributed by atoms with E-state index in [-0.39, 0.29) is 6.61 Å². The number of ether oxygens (including phenoxy) is 1. The lowest BCUT2D eigenvalue weighted by Crippen LogP contribution is -2.14. The molecule has 0 aliphatic heterocycles. The molecule has 0 atom stereocenters. The molecule has 2 aromatic carbocycles. The van der Waals surface area contributed by atoms with E-state index in [0.29, 0.717) is 35.5 Å². The van der Waals surface area contributed by atoms with Crippen LogP contribution in [0.4, 0.5) is 17.3 Å². The zero-order valence-electron chi connectivity index (χ0n) is 20.3. The van der Waals surface area contributed by atoms with E-state index in [1.54, 1.807) is 37.8 Å². The maximum atomic E-state index is 11.8. The summed E-state index contributed by atoms with van der Waals surface area (Å²) in [5.41, 5.74) is 10.4. The molecule has 182 valence electrons. The molecule has 2 aromatic heterocycles. The minimum absolute atomic E-state index is 0.221. The van der Waals surface area contributed by atoms with Gasteiger partial charge in [0.25, 0.3) is 0 Å². The van der Waals surface area contributed by atoms with Crippen molar-refractivity contribution >= 4 is 23.2 Å². The normalized spacial score (nSPS) is 10.7. The van der Waals surface area contributed by atoms with Crippen molar-refractivity contribution in [3.8, 4) is 6.07 Å².